The Kier molecular flexibility index (Phi) is 4.80. The first-order valence-corrected chi connectivity index (χ1v) is 6.84. The number of amides is 2. The summed E-state index contributed by atoms with van der Waals surface area (Å²) in [5.41, 5.74) is 1.20. The summed E-state index contributed by atoms with van der Waals surface area (Å²) in [6.07, 6.45) is 2.81. The zero-order chi connectivity index (χ0) is 13.7. The van der Waals surface area contributed by atoms with Gasteiger partial charge in [0, 0.05) is 18.0 Å². The summed E-state index contributed by atoms with van der Waals surface area (Å²) in [5.74, 6) is -0.122. The molecule has 1 aromatic rings. The number of aryl methyl sites for hydroxylation is 1. The van der Waals surface area contributed by atoms with E-state index in [1.807, 2.05) is 24.3 Å². The minimum absolute atomic E-state index is 0.0404. The van der Waals surface area contributed by atoms with Crippen LogP contribution in [0.5, 0.6) is 0 Å². The van der Waals surface area contributed by atoms with Crippen molar-refractivity contribution in [3.8, 4) is 0 Å². The fraction of sp³-hybridized carbons (Fsp3) is 0.429. The lowest BCUT2D eigenvalue weighted by molar-refractivity contribution is -0.125. The number of carbonyl (C=O) groups excluding carboxylic acids is 2. The van der Waals surface area contributed by atoms with Crippen LogP contribution in [0.4, 0.5) is 0 Å². The highest BCUT2D eigenvalue weighted by Crippen LogP contribution is 2.11. The molecule has 0 saturated carbocycles. The quantitative estimate of drug-likeness (QED) is 0.806. The molecule has 1 saturated heterocycles. The maximum Gasteiger partial charge on any atom is 0.242 e. The van der Waals surface area contributed by atoms with Crippen molar-refractivity contribution < 1.29 is 9.59 Å². The van der Waals surface area contributed by atoms with Crippen LogP contribution in [0.15, 0.2) is 24.3 Å². The Hall–Kier alpha value is -1.55. The maximum atomic E-state index is 11.7. The summed E-state index contributed by atoms with van der Waals surface area (Å²) in [6, 6.07) is 7.36. The van der Waals surface area contributed by atoms with Crippen LogP contribution in [0, 0.1) is 0 Å². The zero-order valence-corrected chi connectivity index (χ0v) is 11.4. The Morgan fingerprint density at radius 3 is 2.74 bits per heavy atom. The Morgan fingerprint density at radius 1 is 1.37 bits per heavy atom. The molecule has 1 atom stereocenters. The number of hydrogen-bond donors (Lipinski definition) is 2. The highest BCUT2D eigenvalue weighted by atomic mass is 35.5. The molecule has 1 fully saturated rings. The second kappa shape index (κ2) is 6.57. The molecular weight excluding hydrogens is 264 g/mol. The number of rotatable bonds is 5. The Labute approximate surface area is 117 Å². The van der Waals surface area contributed by atoms with E-state index in [9.17, 15) is 9.59 Å². The summed E-state index contributed by atoms with van der Waals surface area (Å²) in [7, 11) is 0. The largest absolute Gasteiger partial charge is 0.354 e. The van der Waals surface area contributed by atoms with Crippen LogP contribution in [0.25, 0.3) is 0 Å². The van der Waals surface area contributed by atoms with Crippen LogP contribution >= 0.6 is 11.6 Å². The minimum atomic E-state index is -0.344. The third-order valence-electron chi connectivity index (χ3n) is 3.17. The topological polar surface area (TPSA) is 58.2 Å². The zero-order valence-electron chi connectivity index (χ0n) is 10.6. The first-order chi connectivity index (χ1) is 9.15. The molecule has 1 aliphatic heterocycles. The van der Waals surface area contributed by atoms with Gasteiger partial charge in [-0.3, -0.25) is 9.59 Å². The van der Waals surface area contributed by atoms with Crippen molar-refractivity contribution in [1.29, 1.82) is 0 Å². The van der Waals surface area contributed by atoms with E-state index in [0.717, 1.165) is 17.9 Å². The predicted octanol–water partition coefficient (Wildman–Crippen LogP) is 1.67. The van der Waals surface area contributed by atoms with Crippen molar-refractivity contribution in [2.24, 2.45) is 0 Å². The van der Waals surface area contributed by atoms with Crippen LogP contribution in [-0.2, 0) is 16.0 Å². The molecular formula is C14H17ClN2O2. The van der Waals surface area contributed by atoms with Gasteiger partial charge in [0.2, 0.25) is 11.8 Å². The normalized spacial score (nSPS) is 18.2. The van der Waals surface area contributed by atoms with Crippen molar-refractivity contribution in [3.63, 3.8) is 0 Å². The van der Waals surface area contributed by atoms with Gasteiger partial charge in [0.25, 0.3) is 0 Å². The minimum Gasteiger partial charge on any atom is -0.354 e. The summed E-state index contributed by atoms with van der Waals surface area (Å²) in [5, 5.41) is 6.23. The lowest BCUT2D eigenvalue weighted by atomic mass is 10.1. The molecule has 1 aliphatic rings. The van der Waals surface area contributed by atoms with Crippen LogP contribution in [-0.4, -0.2) is 24.4 Å². The van der Waals surface area contributed by atoms with Gasteiger partial charge in [-0.2, -0.15) is 0 Å². The van der Waals surface area contributed by atoms with Gasteiger partial charge in [-0.05, 0) is 37.0 Å². The third kappa shape index (κ3) is 4.24. The fourth-order valence-electron chi connectivity index (χ4n) is 2.09. The van der Waals surface area contributed by atoms with E-state index in [4.69, 9.17) is 11.6 Å². The van der Waals surface area contributed by atoms with Crippen molar-refractivity contribution in [1.82, 2.24) is 10.6 Å². The molecule has 2 amide bonds. The monoisotopic (exact) mass is 280 g/mol. The predicted molar refractivity (Wildman–Crippen MR) is 73.9 cm³/mol. The lowest BCUT2D eigenvalue weighted by Gasteiger charge is -2.10. The average Bonchev–Trinajstić information content (AvgIpc) is 2.83. The Bertz CT molecular complexity index is 459. The fourth-order valence-corrected chi connectivity index (χ4v) is 2.22. The van der Waals surface area contributed by atoms with Crippen molar-refractivity contribution in [2.75, 3.05) is 6.54 Å². The summed E-state index contributed by atoms with van der Waals surface area (Å²) < 4.78 is 0. The summed E-state index contributed by atoms with van der Waals surface area (Å²) in [4.78, 5) is 22.7. The van der Waals surface area contributed by atoms with Gasteiger partial charge in [-0.15, -0.1) is 0 Å². The van der Waals surface area contributed by atoms with E-state index in [-0.39, 0.29) is 17.9 Å². The third-order valence-corrected chi connectivity index (χ3v) is 3.42. The smallest absolute Gasteiger partial charge is 0.242 e. The highest BCUT2D eigenvalue weighted by Gasteiger charge is 2.26. The number of nitrogens with one attached hydrogen (secondary N) is 2. The standard InChI is InChI=1S/C14H17ClN2O2/c15-11-5-3-10(4-6-11)2-1-9-16-14(19)12-7-8-13(18)17-12/h3-6,12H,1-2,7-9H2,(H,16,19)(H,17,18)/t12-/m1/s1. The second-order valence-electron chi connectivity index (χ2n) is 4.68. The first kappa shape index (κ1) is 13.9. The van der Waals surface area contributed by atoms with Gasteiger partial charge in [-0.1, -0.05) is 23.7 Å². The Balaban J connectivity index is 1.65. The molecule has 0 aromatic heterocycles. The van der Waals surface area contributed by atoms with Gasteiger partial charge in [0.1, 0.15) is 6.04 Å². The van der Waals surface area contributed by atoms with Crippen molar-refractivity contribution >= 4 is 23.4 Å². The van der Waals surface area contributed by atoms with Gasteiger partial charge >= 0.3 is 0 Å². The molecule has 102 valence electrons. The number of halogens is 1. The van der Waals surface area contributed by atoms with Crippen molar-refractivity contribution in [2.45, 2.75) is 31.7 Å². The van der Waals surface area contributed by atoms with Gasteiger partial charge in [0.15, 0.2) is 0 Å². The van der Waals surface area contributed by atoms with E-state index >= 15 is 0 Å². The van der Waals surface area contributed by atoms with Gasteiger partial charge in [0.05, 0.1) is 0 Å². The Morgan fingerprint density at radius 2 is 2.11 bits per heavy atom. The average molecular weight is 281 g/mol. The maximum absolute atomic E-state index is 11.7. The molecule has 5 heteroatoms. The van der Waals surface area contributed by atoms with Gasteiger partial charge < -0.3 is 10.6 Å². The van der Waals surface area contributed by atoms with E-state index in [2.05, 4.69) is 10.6 Å². The molecule has 19 heavy (non-hydrogen) atoms. The van der Waals surface area contributed by atoms with E-state index in [1.54, 1.807) is 0 Å². The van der Waals surface area contributed by atoms with E-state index in [0.29, 0.717) is 19.4 Å². The number of hydrogen-bond acceptors (Lipinski definition) is 2. The molecule has 0 bridgehead atoms. The van der Waals surface area contributed by atoms with Crippen LogP contribution in [0.1, 0.15) is 24.8 Å². The van der Waals surface area contributed by atoms with E-state index in [1.165, 1.54) is 5.56 Å². The van der Waals surface area contributed by atoms with Crippen molar-refractivity contribution in [3.05, 3.63) is 34.9 Å². The second-order valence-corrected chi connectivity index (χ2v) is 5.12. The molecule has 0 unspecified atom stereocenters. The summed E-state index contributed by atoms with van der Waals surface area (Å²) >= 11 is 5.81. The molecule has 0 spiro atoms. The van der Waals surface area contributed by atoms with Crippen LogP contribution in [0.2, 0.25) is 5.02 Å². The lowest BCUT2D eigenvalue weighted by Crippen LogP contribution is -2.41. The molecule has 2 rings (SSSR count). The molecule has 4 nitrogen and oxygen atoms in total. The highest BCUT2D eigenvalue weighted by molar-refractivity contribution is 6.30. The van der Waals surface area contributed by atoms with Gasteiger partial charge in [-0.25, -0.2) is 0 Å². The van der Waals surface area contributed by atoms with Crippen LogP contribution in [0.3, 0.4) is 0 Å². The SMILES string of the molecule is O=C1CC[C@H](C(=O)NCCCc2ccc(Cl)cc2)N1. The molecule has 0 radical (unpaired) electrons. The number of carbonyl (C=O) groups is 2. The summed E-state index contributed by atoms with van der Waals surface area (Å²) in [6.45, 7) is 0.619. The van der Waals surface area contributed by atoms with E-state index < -0.39 is 0 Å². The molecule has 2 N–H and O–H groups in total. The molecule has 1 aromatic carbocycles. The van der Waals surface area contributed by atoms with Crippen LogP contribution < -0.4 is 10.6 Å². The number of benzene rings is 1. The molecule has 0 aliphatic carbocycles. The first-order valence-electron chi connectivity index (χ1n) is 6.46. The molecule has 1 heterocycles.